The van der Waals surface area contributed by atoms with E-state index >= 15 is 0 Å². The predicted octanol–water partition coefficient (Wildman–Crippen LogP) is 1.87. The van der Waals surface area contributed by atoms with Crippen molar-refractivity contribution in [2.75, 3.05) is 0 Å². The zero-order chi connectivity index (χ0) is 14.2. The Labute approximate surface area is 118 Å². The molecule has 108 valence electrons. The molecule has 2 fully saturated rings. The second-order valence-corrected chi connectivity index (χ2v) is 5.77. The van der Waals surface area contributed by atoms with E-state index in [4.69, 9.17) is 19.5 Å². The molecular weight excluding hydrogens is 258 g/mol. The maximum atomic E-state index is 11.1. The summed E-state index contributed by atoms with van der Waals surface area (Å²) in [5.74, 6) is -0.290. The van der Waals surface area contributed by atoms with Gasteiger partial charge in [0.15, 0.2) is 0 Å². The lowest BCUT2D eigenvalue weighted by Gasteiger charge is -2.40. The Morgan fingerprint density at radius 1 is 1.55 bits per heavy atom. The summed E-state index contributed by atoms with van der Waals surface area (Å²) in [7, 11) is 0. The molecular formula is C15H19NO4. The number of esters is 1. The zero-order valence-electron chi connectivity index (χ0n) is 11.6. The van der Waals surface area contributed by atoms with Gasteiger partial charge in [0, 0.05) is 19.8 Å². The minimum absolute atomic E-state index is 0.0441. The lowest BCUT2D eigenvalue weighted by Crippen LogP contribution is -2.47. The molecule has 3 aliphatic rings. The molecule has 2 aliphatic heterocycles. The highest BCUT2D eigenvalue weighted by Crippen LogP contribution is 2.47. The van der Waals surface area contributed by atoms with Gasteiger partial charge in [0.25, 0.3) is 0 Å². The normalized spacial score (nSPS) is 41.8. The summed E-state index contributed by atoms with van der Waals surface area (Å²) in [5, 5.41) is 8.68. The van der Waals surface area contributed by atoms with Gasteiger partial charge < -0.3 is 14.2 Å². The summed E-state index contributed by atoms with van der Waals surface area (Å²) >= 11 is 0. The second kappa shape index (κ2) is 5.19. The first kappa shape index (κ1) is 13.6. The highest BCUT2D eigenvalue weighted by molar-refractivity contribution is 5.66. The maximum Gasteiger partial charge on any atom is 0.303 e. The molecule has 2 saturated heterocycles. The van der Waals surface area contributed by atoms with Crippen molar-refractivity contribution in [3.05, 3.63) is 12.2 Å². The molecule has 0 radical (unpaired) electrons. The van der Waals surface area contributed by atoms with Crippen molar-refractivity contribution >= 4 is 5.97 Å². The van der Waals surface area contributed by atoms with Gasteiger partial charge in [-0.3, -0.25) is 4.79 Å². The van der Waals surface area contributed by atoms with Gasteiger partial charge in [-0.2, -0.15) is 5.26 Å². The number of carbonyl (C=O) groups excluding carboxylic acids is 1. The maximum absolute atomic E-state index is 11.1. The quantitative estimate of drug-likeness (QED) is 0.582. The molecule has 2 heterocycles. The highest BCUT2D eigenvalue weighted by atomic mass is 16.6. The number of nitriles is 1. The van der Waals surface area contributed by atoms with Gasteiger partial charge in [-0.05, 0) is 25.3 Å². The van der Waals surface area contributed by atoms with Gasteiger partial charge >= 0.3 is 5.97 Å². The van der Waals surface area contributed by atoms with Gasteiger partial charge in [0.2, 0.25) is 0 Å². The van der Waals surface area contributed by atoms with Crippen LogP contribution in [0.4, 0.5) is 0 Å². The summed E-state index contributed by atoms with van der Waals surface area (Å²) in [5.41, 5.74) is -0.375. The molecule has 0 aromatic rings. The van der Waals surface area contributed by atoms with E-state index in [1.165, 1.54) is 6.92 Å². The summed E-state index contributed by atoms with van der Waals surface area (Å²) in [4.78, 5) is 11.1. The number of hydrogen-bond donors (Lipinski definition) is 0. The van der Waals surface area contributed by atoms with Crippen LogP contribution in [-0.2, 0) is 19.0 Å². The van der Waals surface area contributed by atoms with Crippen molar-refractivity contribution in [2.24, 2.45) is 0 Å². The lowest BCUT2D eigenvalue weighted by atomic mass is 9.82. The molecule has 5 nitrogen and oxygen atoms in total. The average Bonchev–Trinajstić information content (AvgIpc) is 2.72. The Balaban J connectivity index is 1.71. The van der Waals surface area contributed by atoms with Crippen molar-refractivity contribution in [3.63, 3.8) is 0 Å². The van der Waals surface area contributed by atoms with E-state index in [9.17, 15) is 4.79 Å². The molecule has 0 aromatic heterocycles. The van der Waals surface area contributed by atoms with Gasteiger partial charge in [-0.25, -0.2) is 0 Å². The fraction of sp³-hybridized carbons (Fsp3) is 0.733. The van der Waals surface area contributed by atoms with Crippen LogP contribution < -0.4 is 0 Å². The Morgan fingerprint density at radius 3 is 3.15 bits per heavy atom. The van der Waals surface area contributed by atoms with Crippen LogP contribution in [0, 0.1) is 11.3 Å². The van der Waals surface area contributed by atoms with Crippen molar-refractivity contribution in [1.82, 2.24) is 0 Å². The van der Waals surface area contributed by atoms with Crippen molar-refractivity contribution in [1.29, 1.82) is 5.26 Å². The molecule has 0 amide bonds. The topological polar surface area (TPSA) is 68.5 Å². The molecule has 2 bridgehead atoms. The Bertz CT molecular complexity index is 469. The molecule has 20 heavy (non-hydrogen) atoms. The Hall–Kier alpha value is -1.38. The largest absolute Gasteiger partial charge is 0.456 e. The van der Waals surface area contributed by atoms with E-state index in [2.05, 4.69) is 6.07 Å². The van der Waals surface area contributed by atoms with E-state index < -0.39 is 0 Å². The number of rotatable bonds is 3. The molecule has 0 saturated carbocycles. The lowest BCUT2D eigenvalue weighted by molar-refractivity contribution is -0.152. The predicted molar refractivity (Wildman–Crippen MR) is 69.7 cm³/mol. The molecule has 1 spiro atoms. The fourth-order valence-electron chi connectivity index (χ4n) is 3.49. The van der Waals surface area contributed by atoms with Gasteiger partial charge in [-0.15, -0.1) is 0 Å². The van der Waals surface area contributed by atoms with Crippen LogP contribution in [0.15, 0.2) is 12.2 Å². The van der Waals surface area contributed by atoms with Crippen LogP contribution in [0.2, 0.25) is 0 Å². The summed E-state index contributed by atoms with van der Waals surface area (Å²) in [6.45, 7) is 1.41. The van der Waals surface area contributed by atoms with E-state index in [0.29, 0.717) is 6.42 Å². The van der Waals surface area contributed by atoms with Crippen molar-refractivity contribution < 1.29 is 19.0 Å². The molecule has 1 aliphatic carbocycles. The molecule has 0 N–H and O–H groups in total. The summed E-state index contributed by atoms with van der Waals surface area (Å²) in [6.07, 6.45) is 7.55. The summed E-state index contributed by atoms with van der Waals surface area (Å²) in [6, 6.07) is 2.17. The summed E-state index contributed by atoms with van der Waals surface area (Å²) < 4.78 is 17.5. The van der Waals surface area contributed by atoms with Crippen LogP contribution in [0.1, 0.15) is 39.0 Å². The highest BCUT2D eigenvalue weighted by Gasteiger charge is 2.55. The molecule has 3 rings (SSSR count). The Kier molecular flexibility index (Phi) is 3.53. The minimum atomic E-state index is -0.375. The van der Waals surface area contributed by atoms with Gasteiger partial charge in [-0.1, -0.05) is 6.08 Å². The monoisotopic (exact) mass is 277 g/mol. The second-order valence-electron chi connectivity index (χ2n) is 5.77. The number of hydrogen-bond acceptors (Lipinski definition) is 5. The van der Waals surface area contributed by atoms with E-state index in [1.54, 1.807) is 0 Å². The van der Waals surface area contributed by atoms with Gasteiger partial charge in [0.05, 0.1) is 18.3 Å². The number of fused-ring (bicyclic) bond motifs is 1. The third-order valence-electron chi connectivity index (χ3n) is 4.36. The Morgan fingerprint density at radius 2 is 2.40 bits per heavy atom. The first-order valence-corrected chi connectivity index (χ1v) is 7.20. The van der Waals surface area contributed by atoms with Crippen LogP contribution >= 0.6 is 0 Å². The number of ether oxygens (including phenoxy) is 3. The van der Waals surface area contributed by atoms with Crippen LogP contribution in [0.25, 0.3) is 0 Å². The molecule has 5 heteroatoms. The van der Waals surface area contributed by atoms with Crippen LogP contribution in [0.3, 0.4) is 0 Å². The molecule has 0 aromatic carbocycles. The fourth-order valence-corrected chi connectivity index (χ4v) is 3.49. The van der Waals surface area contributed by atoms with E-state index in [0.717, 1.165) is 25.7 Å². The van der Waals surface area contributed by atoms with Crippen molar-refractivity contribution in [3.8, 4) is 6.07 Å². The first-order chi connectivity index (χ1) is 9.63. The van der Waals surface area contributed by atoms with E-state index in [1.807, 2.05) is 12.2 Å². The molecule has 2 unspecified atom stereocenters. The van der Waals surface area contributed by atoms with Gasteiger partial charge in [0.1, 0.15) is 17.8 Å². The van der Waals surface area contributed by atoms with Crippen LogP contribution in [-0.4, -0.2) is 36.0 Å². The van der Waals surface area contributed by atoms with Crippen LogP contribution in [0.5, 0.6) is 0 Å². The van der Waals surface area contributed by atoms with Crippen molar-refractivity contribution in [2.45, 2.75) is 69.0 Å². The minimum Gasteiger partial charge on any atom is -0.456 e. The standard InChI is InChI=1S/C15H19NO4/c1-10(17)18-12-6-7-15-9-13(12)19-14(15)5-4-11(20-15)3-2-8-16/h6-7,11-14H,2-5,9H2,1H3/t11?,12-,13?,14+,15+/m1/s1. The average molecular weight is 277 g/mol. The van der Waals surface area contributed by atoms with E-state index in [-0.39, 0.29) is 36.0 Å². The third kappa shape index (κ3) is 2.34. The SMILES string of the molecule is CC(=O)O[C@@H]1C=C[C@]23CC1O[C@H]2CCC(CCC#N)O3. The number of nitrogens with zero attached hydrogens (tertiary/aromatic N) is 1. The first-order valence-electron chi connectivity index (χ1n) is 7.20. The zero-order valence-corrected chi connectivity index (χ0v) is 11.6. The third-order valence-corrected chi connectivity index (χ3v) is 4.36. The molecule has 5 atom stereocenters. The smallest absolute Gasteiger partial charge is 0.303 e. The number of carbonyl (C=O) groups is 1.